The van der Waals surface area contributed by atoms with Gasteiger partial charge < -0.3 is 14.8 Å². The van der Waals surface area contributed by atoms with Crippen LogP contribution in [0.4, 0.5) is 0 Å². The standard InChI is InChI=1S/C15H23NO2/c1-12(11-13-3-4-13)16-9-10-18-15-7-5-14(17-2)6-8-15/h5-8,12-13,16H,3-4,9-11H2,1-2H3. The lowest BCUT2D eigenvalue weighted by molar-refractivity contribution is 0.303. The molecular weight excluding hydrogens is 226 g/mol. The Kier molecular flexibility index (Phi) is 4.88. The van der Waals surface area contributed by atoms with Crippen LogP contribution >= 0.6 is 0 Å². The summed E-state index contributed by atoms with van der Waals surface area (Å²) in [5.41, 5.74) is 0. The first kappa shape index (κ1) is 13.2. The Balaban J connectivity index is 1.58. The van der Waals surface area contributed by atoms with Crippen LogP contribution in [0.25, 0.3) is 0 Å². The Morgan fingerprint density at radius 3 is 2.50 bits per heavy atom. The van der Waals surface area contributed by atoms with Crippen molar-refractivity contribution in [3.8, 4) is 11.5 Å². The summed E-state index contributed by atoms with van der Waals surface area (Å²) in [6, 6.07) is 8.31. The van der Waals surface area contributed by atoms with E-state index in [0.29, 0.717) is 12.6 Å². The molecule has 0 aliphatic heterocycles. The van der Waals surface area contributed by atoms with E-state index in [9.17, 15) is 0 Å². The van der Waals surface area contributed by atoms with Crippen molar-refractivity contribution in [3.63, 3.8) is 0 Å². The molecule has 0 bridgehead atoms. The van der Waals surface area contributed by atoms with Crippen LogP contribution in [0.2, 0.25) is 0 Å². The molecule has 1 unspecified atom stereocenters. The molecule has 2 rings (SSSR count). The van der Waals surface area contributed by atoms with Gasteiger partial charge in [-0.1, -0.05) is 12.8 Å². The van der Waals surface area contributed by atoms with E-state index >= 15 is 0 Å². The van der Waals surface area contributed by atoms with Crippen molar-refractivity contribution in [1.29, 1.82) is 0 Å². The van der Waals surface area contributed by atoms with Crippen LogP contribution < -0.4 is 14.8 Å². The van der Waals surface area contributed by atoms with E-state index < -0.39 is 0 Å². The minimum Gasteiger partial charge on any atom is -0.497 e. The smallest absolute Gasteiger partial charge is 0.119 e. The molecule has 100 valence electrons. The summed E-state index contributed by atoms with van der Waals surface area (Å²) in [6.45, 7) is 3.87. The van der Waals surface area contributed by atoms with Crippen molar-refractivity contribution in [1.82, 2.24) is 5.32 Å². The number of benzene rings is 1. The highest BCUT2D eigenvalue weighted by molar-refractivity contribution is 5.31. The highest BCUT2D eigenvalue weighted by Gasteiger charge is 2.23. The number of methoxy groups -OCH3 is 1. The van der Waals surface area contributed by atoms with Crippen LogP contribution in [-0.4, -0.2) is 26.3 Å². The lowest BCUT2D eigenvalue weighted by Crippen LogP contribution is -2.30. The molecular formula is C15H23NO2. The molecule has 1 aliphatic carbocycles. The molecule has 0 amide bonds. The third kappa shape index (κ3) is 4.57. The van der Waals surface area contributed by atoms with Gasteiger partial charge in [-0.15, -0.1) is 0 Å². The molecule has 1 atom stereocenters. The molecule has 0 heterocycles. The summed E-state index contributed by atoms with van der Waals surface area (Å²) < 4.78 is 10.8. The minimum atomic E-state index is 0.608. The SMILES string of the molecule is COc1ccc(OCCNC(C)CC2CC2)cc1. The van der Waals surface area contributed by atoms with Gasteiger partial charge in [0.15, 0.2) is 0 Å². The van der Waals surface area contributed by atoms with Crippen molar-refractivity contribution in [3.05, 3.63) is 24.3 Å². The topological polar surface area (TPSA) is 30.5 Å². The quantitative estimate of drug-likeness (QED) is 0.719. The minimum absolute atomic E-state index is 0.608. The van der Waals surface area contributed by atoms with Gasteiger partial charge in [-0.2, -0.15) is 0 Å². The zero-order valence-corrected chi connectivity index (χ0v) is 11.3. The van der Waals surface area contributed by atoms with E-state index in [-0.39, 0.29) is 0 Å². The highest BCUT2D eigenvalue weighted by atomic mass is 16.5. The number of ether oxygens (including phenoxy) is 2. The van der Waals surface area contributed by atoms with Crippen LogP contribution in [0.1, 0.15) is 26.2 Å². The second-order valence-electron chi connectivity index (χ2n) is 5.06. The highest BCUT2D eigenvalue weighted by Crippen LogP contribution is 2.33. The summed E-state index contributed by atoms with van der Waals surface area (Å²) in [4.78, 5) is 0. The molecule has 1 saturated carbocycles. The Hall–Kier alpha value is -1.22. The van der Waals surface area contributed by atoms with Crippen molar-refractivity contribution in [2.45, 2.75) is 32.2 Å². The van der Waals surface area contributed by atoms with E-state index in [2.05, 4.69) is 12.2 Å². The van der Waals surface area contributed by atoms with Gasteiger partial charge in [0.25, 0.3) is 0 Å². The van der Waals surface area contributed by atoms with E-state index in [1.54, 1.807) is 7.11 Å². The molecule has 0 radical (unpaired) electrons. The third-order valence-electron chi connectivity index (χ3n) is 3.31. The summed E-state index contributed by atoms with van der Waals surface area (Å²) >= 11 is 0. The predicted octanol–water partition coefficient (Wildman–Crippen LogP) is 2.85. The van der Waals surface area contributed by atoms with Crippen LogP contribution in [0, 0.1) is 5.92 Å². The molecule has 0 spiro atoms. The van der Waals surface area contributed by atoms with Crippen molar-refractivity contribution < 1.29 is 9.47 Å². The number of rotatable bonds is 8. The number of hydrogen-bond donors (Lipinski definition) is 1. The van der Waals surface area contributed by atoms with Gasteiger partial charge in [0.05, 0.1) is 7.11 Å². The Bertz CT molecular complexity index is 346. The lowest BCUT2D eigenvalue weighted by Gasteiger charge is -2.13. The molecule has 1 aliphatic rings. The van der Waals surface area contributed by atoms with Gasteiger partial charge >= 0.3 is 0 Å². The van der Waals surface area contributed by atoms with E-state index in [4.69, 9.17) is 9.47 Å². The van der Waals surface area contributed by atoms with Gasteiger partial charge in [-0.3, -0.25) is 0 Å². The fraction of sp³-hybridized carbons (Fsp3) is 0.600. The largest absolute Gasteiger partial charge is 0.497 e. The average molecular weight is 249 g/mol. The van der Waals surface area contributed by atoms with Gasteiger partial charge in [0.1, 0.15) is 18.1 Å². The summed E-state index contributed by atoms with van der Waals surface area (Å²) in [6.07, 6.45) is 4.16. The second-order valence-corrected chi connectivity index (χ2v) is 5.06. The molecule has 1 fully saturated rings. The Morgan fingerprint density at radius 1 is 1.22 bits per heavy atom. The third-order valence-corrected chi connectivity index (χ3v) is 3.31. The molecule has 18 heavy (non-hydrogen) atoms. The molecule has 0 saturated heterocycles. The monoisotopic (exact) mass is 249 g/mol. The van der Waals surface area contributed by atoms with Crippen LogP contribution in [0.3, 0.4) is 0 Å². The Morgan fingerprint density at radius 2 is 1.89 bits per heavy atom. The van der Waals surface area contributed by atoms with Gasteiger partial charge in [-0.05, 0) is 43.5 Å². The molecule has 1 aromatic rings. The average Bonchev–Trinajstić information content (AvgIpc) is 3.19. The fourth-order valence-corrected chi connectivity index (χ4v) is 2.08. The molecule has 0 aromatic heterocycles. The zero-order chi connectivity index (χ0) is 12.8. The normalized spacial score (nSPS) is 16.3. The first-order chi connectivity index (χ1) is 8.78. The van der Waals surface area contributed by atoms with E-state index in [1.165, 1.54) is 19.3 Å². The first-order valence-corrected chi connectivity index (χ1v) is 6.78. The van der Waals surface area contributed by atoms with Gasteiger partial charge in [-0.25, -0.2) is 0 Å². The Labute approximate surface area is 109 Å². The van der Waals surface area contributed by atoms with Gasteiger partial charge in [0, 0.05) is 12.6 Å². The van der Waals surface area contributed by atoms with Crippen molar-refractivity contribution in [2.75, 3.05) is 20.3 Å². The first-order valence-electron chi connectivity index (χ1n) is 6.78. The zero-order valence-electron chi connectivity index (χ0n) is 11.3. The maximum absolute atomic E-state index is 5.66. The molecule has 3 nitrogen and oxygen atoms in total. The van der Waals surface area contributed by atoms with E-state index in [1.807, 2.05) is 24.3 Å². The predicted molar refractivity (Wildman–Crippen MR) is 73.3 cm³/mol. The fourth-order valence-electron chi connectivity index (χ4n) is 2.08. The number of hydrogen-bond acceptors (Lipinski definition) is 3. The van der Waals surface area contributed by atoms with Crippen LogP contribution in [0.5, 0.6) is 11.5 Å². The van der Waals surface area contributed by atoms with Crippen LogP contribution in [-0.2, 0) is 0 Å². The number of nitrogens with one attached hydrogen (secondary N) is 1. The van der Waals surface area contributed by atoms with Crippen LogP contribution in [0.15, 0.2) is 24.3 Å². The molecule has 3 heteroatoms. The summed E-state index contributed by atoms with van der Waals surface area (Å²) in [5, 5.41) is 3.50. The van der Waals surface area contributed by atoms with Crippen molar-refractivity contribution in [2.24, 2.45) is 5.92 Å². The van der Waals surface area contributed by atoms with E-state index in [0.717, 1.165) is 24.0 Å². The maximum Gasteiger partial charge on any atom is 0.119 e. The molecule has 1 N–H and O–H groups in total. The summed E-state index contributed by atoms with van der Waals surface area (Å²) in [5.74, 6) is 2.74. The summed E-state index contributed by atoms with van der Waals surface area (Å²) in [7, 11) is 1.67. The maximum atomic E-state index is 5.66. The van der Waals surface area contributed by atoms with Crippen molar-refractivity contribution >= 4 is 0 Å². The lowest BCUT2D eigenvalue weighted by atomic mass is 10.2. The molecule has 1 aromatic carbocycles. The van der Waals surface area contributed by atoms with Gasteiger partial charge in [0.2, 0.25) is 0 Å². The second kappa shape index (κ2) is 6.64.